The van der Waals surface area contributed by atoms with Gasteiger partial charge in [-0.3, -0.25) is 9.10 Å². The topological polar surface area (TPSA) is 66.5 Å². The normalized spacial score (nSPS) is 11.1. The average Bonchev–Trinajstić information content (AvgIpc) is 2.73. The average molecular weight is 429 g/mol. The molecule has 1 amide bonds. The van der Waals surface area contributed by atoms with Gasteiger partial charge in [0.25, 0.3) is 10.0 Å². The summed E-state index contributed by atoms with van der Waals surface area (Å²) in [6.45, 7) is 1.74. The van der Waals surface area contributed by atoms with Crippen LogP contribution in [0.2, 0.25) is 5.02 Å². The Kier molecular flexibility index (Phi) is 6.56. The number of carbonyl (C=O) groups is 1. The lowest BCUT2D eigenvalue weighted by Crippen LogP contribution is -2.41. The Hall–Kier alpha value is -2.83. The fourth-order valence-corrected chi connectivity index (χ4v) is 4.52. The number of anilines is 1. The zero-order chi connectivity index (χ0) is 20.9. The van der Waals surface area contributed by atoms with Gasteiger partial charge in [0.05, 0.1) is 10.6 Å². The van der Waals surface area contributed by atoms with Crippen molar-refractivity contribution >= 4 is 33.2 Å². The molecule has 0 bridgehead atoms. The molecule has 5 nitrogen and oxygen atoms in total. The molecule has 29 heavy (non-hydrogen) atoms. The summed E-state index contributed by atoms with van der Waals surface area (Å²) in [5.74, 6) is -0.410. The molecular weight excluding hydrogens is 408 g/mol. The van der Waals surface area contributed by atoms with Gasteiger partial charge in [-0.2, -0.15) is 0 Å². The first-order valence-corrected chi connectivity index (χ1v) is 10.8. The van der Waals surface area contributed by atoms with E-state index in [-0.39, 0.29) is 11.4 Å². The van der Waals surface area contributed by atoms with E-state index in [4.69, 9.17) is 11.6 Å². The van der Waals surface area contributed by atoms with E-state index < -0.39 is 15.9 Å². The van der Waals surface area contributed by atoms with Crippen molar-refractivity contribution in [3.8, 4) is 0 Å². The van der Waals surface area contributed by atoms with Crippen LogP contribution >= 0.6 is 11.6 Å². The molecule has 0 aliphatic rings. The largest absolute Gasteiger partial charge is 0.350 e. The lowest BCUT2D eigenvalue weighted by molar-refractivity contribution is -0.119. The first kappa shape index (κ1) is 20.9. The molecular formula is C22H21ClN2O3S. The van der Waals surface area contributed by atoms with E-state index in [9.17, 15) is 13.2 Å². The van der Waals surface area contributed by atoms with Gasteiger partial charge < -0.3 is 5.32 Å². The van der Waals surface area contributed by atoms with Crippen molar-refractivity contribution in [2.45, 2.75) is 18.4 Å². The molecule has 0 aliphatic carbocycles. The first-order chi connectivity index (χ1) is 13.9. The molecule has 0 radical (unpaired) electrons. The Labute approximate surface area is 176 Å². The lowest BCUT2D eigenvalue weighted by atomic mass is 10.2. The number of carbonyl (C=O) groups excluding carboxylic acids is 1. The molecule has 3 aromatic rings. The van der Waals surface area contributed by atoms with Crippen molar-refractivity contribution in [2.75, 3.05) is 10.8 Å². The van der Waals surface area contributed by atoms with Crippen LogP contribution in [0.15, 0.2) is 83.8 Å². The maximum absolute atomic E-state index is 13.3. The third kappa shape index (κ3) is 5.16. The first-order valence-electron chi connectivity index (χ1n) is 9.02. The Balaban J connectivity index is 1.91. The van der Waals surface area contributed by atoms with Gasteiger partial charge in [-0.25, -0.2) is 8.42 Å². The van der Waals surface area contributed by atoms with Crippen LogP contribution in [0.25, 0.3) is 0 Å². The molecule has 0 spiro atoms. The van der Waals surface area contributed by atoms with E-state index in [1.165, 1.54) is 12.1 Å². The molecule has 0 aromatic heterocycles. The highest BCUT2D eigenvalue weighted by atomic mass is 35.5. The summed E-state index contributed by atoms with van der Waals surface area (Å²) in [5, 5.41) is 3.17. The smallest absolute Gasteiger partial charge is 0.264 e. The minimum Gasteiger partial charge on any atom is -0.350 e. The van der Waals surface area contributed by atoms with Gasteiger partial charge in [-0.05, 0) is 42.3 Å². The second-order valence-corrected chi connectivity index (χ2v) is 8.82. The van der Waals surface area contributed by atoms with Crippen LogP contribution in [0, 0.1) is 6.92 Å². The van der Waals surface area contributed by atoms with Gasteiger partial charge in [-0.1, -0.05) is 66.2 Å². The number of amides is 1. The lowest BCUT2D eigenvalue weighted by Gasteiger charge is -2.26. The van der Waals surface area contributed by atoms with E-state index in [0.29, 0.717) is 22.8 Å². The summed E-state index contributed by atoms with van der Waals surface area (Å²) in [6, 6.07) is 22.4. The zero-order valence-corrected chi connectivity index (χ0v) is 17.5. The monoisotopic (exact) mass is 428 g/mol. The van der Waals surface area contributed by atoms with Gasteiger partial charge in [0.1, 0.15) is 6.54 Å². The van der Waals surface area contributed by atoms with E-state index in [1.807, 2.05) is 30.3 Å². The van der Waals surface area contributed by atoms with Gasteiger partial charge in [0.2, 0.25) is 5.91 Å². The van der Waals surface area contributed by atoms with Crippen LogP contribution < -0.4 is 9.62 Å². The number of hydrogen-bond acceptors (Lipinski definition) is 3. The number of nitrogens with zero attached hydrogens (tertiary/aromatic N) is 1. The Bertz CT molecular complexity index is 1090. The van der Waals surface area contributed by atoms with Crippen LogP contribution in [0.4, 0.5) is 5.69 Å². The van der Waals surface area contributed by atoms with Crippen molar-refractivity contribution < 1.29 is 13.2 Å². The summed E-state index contributed by atoms with van der Waals surface area (Å²) < 4.78 is 27.7. The number of hydrogen-bond donors (Lipinski definition) is 1. The zero-order valence-electron chi connectivity index (χ0n) is 15.9. The number of benzene rings is 3. The standard InChI is InChI=1S/C22H21ClN2O3S/c1-17-12-13-19(23)14-21(17)25(29(27,28)20-10-6-3-7-11-20)16-22(26)24-15-18-8-4-2-5-9-18/h2-14H,15-16H2,1H3,(H,24,26). The predicted molar refractivity (Wildman–Crippen MR) is 115 cm³/mol. The third-order valence-corrected chi connectivity index (χ3v) is 6.40. The van der Waals surface area contributed by atoms with E-state index in [2.05, 4.69) is 5.32 Å². The molecule has 150 valence electrons. The molecule has 1 N–H and O–H groups in total. The number of nitrogens with one attached hydrogen (secondary N) is 1. The van der Waals surface area contributed by atoms with E-state index in [0.717, 1.165) is 9.87 Å². The number of halogens is 1. The molecule has 0 saturated heterocycles. The van der Waals surface area contributed by atoms with Crippen LogP contribution in [0.3, 0.4) is 0 Å². The molecule has 3 rings (SSSR count). The Morgan fingerprint density at radius 1 is 0.966 bits per heavy atom. The molecule has 0 atom stereocenters. The van der Waals surface area contributed by atoms with Crippen molar-refractivity contribution in [3.63, 3.8) is 0 Å². The van der Waals surface area contributed by atoms with Gasteiger partial charge in [0, 0.05) is 11.6 Å². The number of rotatable bonds is 7. The molecule has 0 heterocycles. The fourth-order valence-electron chi connectivity index (χ4n) is 2.85. The highest BCUT2D eigenvalue weighted by molar-refractivity contribution is 7.92. The van der Waals surface area contributed by atoms with Crippen molar-refractivity contribution in [1.29, 1.82) is 0 Å². The maximum Gasteiger partial charge on any atom is 0.264 e. The van der Waals surface area contributed by atoms with Crippen LogP contribution in [-0.4, -0.2) is 20.9 Å². The van der Waals surface area contributed by atoms with Gasteiger partial charge in [0.15, 0.2) is 0 Å². The van der Waals surface area contributed by atoms with Crippen molar-refractivity contribution in [3.05, 3.63) is 95.0 Å². The third-order valence-electron chi connectivity index (χ3n) is 4.39. The van der Waals surface area contributed by atoms with Gasteiger partial charge in [-0.15, -0.1) is 0 Å². The van der Waals surface area contributed by atoms with E-state index in [1.54, 1.807) is 43.3 Å². The molecule has 3 aromatic carbocycles. The number of sulfonamides is 1. The second-order valence-electron chi connectivity index (χ2n) is 6.52. The summed E-state index contributed by atoms with van der Waals surface area (Å²) >= 11 is 6.11. The summed E-state index contributed by atoms with van der Waals surface area (Å²) in [5.41, 5.74) is 2.00. The Morgan fingerprint density at radius 3 is 2.24 bits per heavy atom. The van der Waals surface area contributed by atoms with Crippen molar-refractivity contribution in [1.82, 2.24) is 5.32 Å². The minimum absolute atomic E-state index is 0.107. The molecule has 7 heteroatoms. The van der Waals surface area contributed by atoms with Crippen LogP contribution in [-0.2, 0) is 21.4 Å². The SMILES string of the molecule is Cc1ccc(Cl)cc1N(CC(=O)NCc1ccccc1)S(=O)(=O)c1ccccc1. The quantitative estimate of drug-likeness (QED) is 0.614. The maximum atomic E-state index is 13.3. The van der Waals surface area contributed by atoms with Crippen LogP contribution in [0.1, 0.15) is 11.1 Å². The summed E-state index contributed by atoms with van der Waals surface area (Å²) in [4.78, 5) is 12.7. The summed E-state index contributed by atoms with van der Waals surface area (Å²) in [6.07, 6.45) is 0. The second kappa shape index (κ2) is 9.11. The molecule has 0 aliphatic heterocycles. The molecule has 0 unspecified atom stereocenters. The molecule has 0 saturated carbocycles. The van der Waals surface area contributed by atoms with Crippen molar-refractivity contribution in [2.24, 2.45) is 0 Å². The van der Waals surface area contributed by atoms with Crippen LogP contribution in [0.5, 0.6) is 0 Å². The minimum atomic E-state index is -3.96. The summed E-state index contributed by atoms with van der Waals surface area (Å²) in [7, 11) is -3.96. The predicted octanol–water partition coefficient (Wildman–Crippen LogP) is 4.16. The highest BCUT2D eigenvalue weighted by Crippen LogP contribution is 2.29. The van der Waals surface area contributed by atoms with Gasteiger partial charge >= 0.3 is 0 Å². The molecule has 0 fully saturated rings. The highest BCUT2D eigenvalue weighted by Gasteiger charge is 2.28. The van der Waals surface area contributed by atoms with E-state index >= 15 is 0 Å². The Morgan fingerprint density at radius 2 is 1.59 bits per heavy atom. The number of aryl methyl sites for hydroxylation is 1. The fraction of sp³-hybridized carbons (Fsp3) is 0.136.